The van der Waals surface area contributed by atoms with Gasteiger partial charge in [-0.3, -0.25) is 14.3 Å². The number of nitrogens with one attached hydrogen (secondary N) is 1. The summed E-state index contributed by atoms with van der Waals surface area (Å²) >= 11 is 5.21. The number of primary amides is 2. The molecule has 1 aromatic rings. The van der Waals surface area contributed by atoms with Gasteiger partial charge in [0.1, 0.15) is 5.21 Å². The molecular formula is C9H10ClN3O4S. The predicted molar refractivity (Wildman–Crippen MR) is 66.7 cm³/mol. The molecule has 0 saturated carbocycles. The number of nitrogens with two attached hydrogens (primary N) is 2. The fourth-order valence-corrected chi connectivity index (χ4v) is 1.87. The van der Waals surface area contributed by atoms with Crippen molar-refractivity contribution in [3.8, 4) is 0 Å². The number of carbonyl (C=O) groups is 2. The lowest BCUT2D eigenvalue weighted by atomic mass is 10.1. The Bertz CT molecular complexity index is 568. The Kier molecular flexibility index (Phi) is 4.15. The summed E-state index contributed by atoms with van der Waals surface area (Å²) in [5.74, 6) is -1.63. The Morgan fingerprint density at radius 1 is 1.11 bits per heavy atom. The number of carbonyl (C=O) groups excluding carboxylic acids is 2. The molecule has 1 rings (SSSR count). The van der Waals surface area contributed by atoms with Crippen molar-refractivity contribution in [3.63, 3.8) is 0 Å². The standard InChI is InChI=1S/C9H10ClN3O4S/c10-4-18(16,17)13-7-2-5(8(11)14)1-6(3-7)9(12)15/h1-3,13H,4H2,(H2,11,14)(H2,12,15). The molecule has 0 aliphatic carbocycles. The second-order valence-corrected chi connectivity index (χ2v) is 5.66. The highest BCUT2D eigenvalue weighted by Crippen LogP contribution is 2.16. The van der Waals surface area contributed by atoms with Crippen LogP contribution in [0.3, 0.4) is 0 Å². The number of hydrogen-bond donors (Lipinski definition) is 3. The summed E-state index contributed by atoms with van der Waals surface area (Å²) in [6.07, 6.45) is 0. The fourth-order valence-electron chi connectivity index (χ4n) is 1.18. The van der Waals surface area contributed by atoms with E-state index in [0.29, 0.717) is 0 Å². The Balaban J connectivity index is 3.28. The van der Waals surface area contributed by atoms with Gasteiger partial charge in [-0.1, -0.05) is 0 Å². The summed E-state index contributed by atoms with van der Waals surface area (Å²) in [4.78, 5) is 22.1. The van der Waals surface area contributed by atoms with E-state index in [0.717, 1.165) is 0 Å². The van der Waals surface area contributed by atoms with Gasteiger partial charge >= 0.3 is 0 Å². The van der Waals surface area contributed by atoms with E-state index in [1.54, 1.807) is 0 Å². The van der Waals surface area contributed by atoms with Crippen LogP contribution in [0.25, 0.3) is 0 Å². The number of anilines is 1. The van der Waals surface area contributed by atoms with Crippen molar-refractivity contribution >= 4 is 39.1 Å². The van der Waals surface area contributed by atoms with Crippen molar-refractivity contribution in [1.29, 1.82) is 0 Å². The van der Waals surface area contributed by atoms with E-state index < -0.39 is 27.0 Å². The zero-order chi connectivity index (χ0) is 13.9. The number of hydrogen-bond acceptors (Lipinski definition) is 4. The number of amides is 2. The van der Waals surface area contributed by atoms with E-state index in [9.17, 15) is 18.0 Å². The first-order valence-electron chi connectivity index (χ1n) is 4.56. The quantitative estimate of drug-likeness (QED) is 0.649. The van der Waals surface area contributed by atoms with Crippen LogP contribution in [-0.4, -0.2) is 25.4 Å². The molecule has 18 heavy (non-hydrogen) atoms. The Labute approximate surface area is 108 Å². The highest BCUT2D eigenvalue weighted by molar-refractivity contribution is 7.93. The molecule has 0 aromatic heterocycles. The van der Waals surface area contributed by atoms with Crippen molar-refractivity contribution in [2.75, 3.05) is 9.93 Å². The van der Waals surface area contributed by atoms with E-state index in [4.69, 9.17) is 23.1 Å². The summed E-state index contributed by atoms with van der Waals surface area (Å²) < 4.78 is 24.6. The maximum absolute atomic E-state index is 11.3. The number of alkyl halides is 1. The summed E-state index contributed by atoms with van der Waals surface area (Å²) in [6.45, 7) is 0. The van der Waals surface area contributed by atoms with Crippen molar-refractivity contribution in [3.05, 3.63) is 29.3 Å². The predicted octanol–water partition coefficient (Wildman–Crippen LogP) is -0.178. The Morgan fingerprint density at radius 3 is 1.89 bits per heavy atom. The first kappa shape index (κ1) is 14.3. The van der Waals surface area contributed by atoms with Crippen LogP contribution in [0.1, 0.15) is 20.7 Å². The van der Waals surface area contributed by atoms with Gasteiger partial charge in [-0.25, -0.2) is 8.42 Å². The van der Waals surface area contributed by atoms with E-state index in [1.807, 2.05) is 0 Å². The maximum atomic E-state index is 11.3. The zero-order valence-corrected chi connectivity index (χ0v) is 10.6. The van der Waals surface area contributed by atoms with Gasteiger partial charge in [-0.2, -0.15) is 0 Å². The van der Waals surface area contributed by atoms with Gasteiger partial charge in [0, 0.05) is 11.1 Å². The molecular weight excluding hydrogens is 282 g/mol. The van der Waals surface area contributed by atoms with Crippen LogP contribution in [0, 0.1) is 0 Å². The van der Waals surface area contributed by atoms with Gasteiger partial charge in [0.05, 0.1) is 5.69 Å². The molecule has 0 atom stereocenters. The molecule has 0 radical (unpaired) electrons. The average Bonchev–Trinajstić information content (AvgIpc) is 2.27. The topological polar surface area (TPSA) is 132 Å². The van der Waals surface area contributed by atoms with Crippen LogP contribution in [0.4, 0.5) is 5.69 Å². The molecule has 98 valence electrons. The summed E-state index contributed by atoms with van der Waals surface area (Å²) in [7, 11) is -3.75. The van der Waals surface area contributed by atoms with Crippen LogP contribution in [0.15, 0.2) is 18.2 Å². The van der Waals surface area contributed by atoms with Gasteiger partial charge in [-0.05, 0) is 18.2 Å². The number of halogens is 1. The normalized spacial score (nSPS) is 10.9. The zero-order valence-electron chi connectivity index (χ0n) is 9.01. The van der Waals surface area contributed by atoms with Gasteiger partial charge in [0.25, 0.3) is 0 Å². The maximum Gasteiger partial charge on any atom is 0.248 e. The second kappa shape index (κ2) is 5.23. The molecule has 0 fully saturated rings. The molecule has 0 spiro atoms. The third-order valence-electron chi connectivity index (χ3n) is 1.92. The molecule has 5 N–H and O–H groups in total. The third-order valence-corrected chi connectivity index (χ3v) is 3.61. The van der Waals surface area contributed by atoms with Crippen molar-refractivity contribution in [2.24, 2.45) is 11.5 Å². The lowest BCUT2D eigenvalue weighted by Crippen LogP contribution is -2.18. The van der Waals surface area contributed by atoms with Crippen molar-refractivity contribution in [2.45, 2.75) is 0 Å². The molecule has 0 saturated heterocycles. The minimum Gasteiger partial charge on any atom is -0.366 e. The van der Waals surface area contributed by atoms with E-state index >= 15 is 0 Å². The van der Waals surface area contributed by atoms with Crippen molar-refractivity contribution < 1.29 is 18.0 Å². The van der Waals surface area contributed by atoms with E-state index in [2.05, 4.69) is 4.72 Å². The SMILES string of the molecule is NC(=O)c1cc(NS(=O)(=O)CCl)cc(C(N)=O)c1. The van der Waals surface area contributed by atoms with Gasteiger partial charge in [-0.15, -0.1) is 11.6 Å². The van der Waals surface area contributed by atoms with Crippen LogP contribution in [0.2, 0.25) is 0 Å². The highest BCUT2D eigenvalue weighted by atomic mass is 35.5. The smallest absolute Gasteiger partial charge is 0.248 e. The van der Waals surface area contributed by atoms with Gasteiger partial charge in [0.2, 0.25) is 21.8 Å². The molecule has 0 heterocycles. The average molecular weight is 292 g/mol. The molecule has 7 nitrogen and oxygen atoms in total. The number of rotatable bonds is 5. The largest absolute Gasteiger partial charge is 0.366 e. The number of sulfonamides is 1. The molecule has 9 heteroatoms. The molecule has 0 unspecified atom stereocenters. The molecule has 0 aliphatic rings. The Morgan fingerprint density at radius 2 is 1.56 bits per heavy atom. The van der Waals surface area contributed by atoms with E-state index in [1.165, 1.54) is 18.2 Å². The molecule has 1 aromatic carbocycles. The van der Waals surface area contributed by atoms with Crippen LogP contribution in [-0.2, 0) is 10.0 Å². The van der Waals surface area contributed by atoms with Crippen LogP contribution >= 0.6 is 11.6 Å². The van der Waals surface area contributed by atoms with Gasteiger partial charge in [0.15, 0.2) is 0 Å². The second-order valence-electron chi connectivity index (χ2n) is 3.35. The first-order chi connectivity index (χ1) is 8.25. The first-order valence-corrected chi connectivity index (χ1v) is 6.75. The molecule has 2 amide bonds. The lowest BCUT2D eigenvalue weighted by molar-refractivity contribution is 0.0999. The summed E-state index contributed by atoms with van der Waals surface area (Å²) in [5, 5.41) is -0.667. The van der Waals surface area contributed by atoms with Crippen LogP contribution in [0.5, 0.6) is 0 Å². The van der Waals surface area contributed by atoms with Gasteiger partial charge < -0.3 is 11.5 Å². The third kappa shape index (κ3) is 3.60. The molecule has 0 bridgehead atoms. The van der Waals surface area contributed by atoms with Crippen LogP contribution < -0.4 is 16.2 Å². The number of benzene rings is 1. The fraction of sp³-hybridized carbons (Fsp3) is 0.111. The molecule has 0 aliphatic heterocycles. The minimum absolute atomic E-state index is 0.0132. The monoisotopic (exact) mass is 291 g/mol. The Hall–Kier alpha value is -1.80. The summed E-state index contributed by atoms with van der Waals surface area (Å²) in [5.41, 5.74) is 10.0. The highest BCUT2D eigenvalue weighted by Gasteiger charge is 2.13. The van der Waals surface area contributed by atoms with Crippen molar-refractivity contribution in [1.82, 2.24) is 0 Å². The lowest BCUT2D eigenvalue weighted by Gasteiger charge is -2.08. The minimum atomic E-state index is -3.75. The van der Waals surface area contributed by atoms with E-state index in [-0.39, 0.29) is 16.8 Å². The summed E-state index contributed by atoms with van der Waals surface area (Å²) in [6, 6.07) is 3.53.